The first-order valence-electron chi connectivity index (χ1n) is 9.45. The Morgan fingerprint density at radius 3 is 2.59 bits per heavy atom. The fraction of sp³-hybridized carbons (Fsp3) is 0.722. The van der Waals surface area contributed by atoms with E-state index in [1.165, 1.54) is 6.20 Å². The van der Waals surface area contributed by atoms with Gasteiger partial charge in [-0.25, -0.2) is 4.98 Å². The number of nitrogens with zero attached hydrogens (tertiary/aromatic N) is 3. The van der Waals surface area contributed by atoms with Crippen LogP contribution in [0.15, 0.2) is 6.20 Å². The molecule has 0 bridgehead atoms. The number of aliphatic hydroxyl groups excluding tert-OH is 1. The number of aliphatic hydroxyl groups is 1. The molecule has 0 radical (unpaired) electrons. The van der Waals surface area contributed by atoms with Gasteiger partial charge in [0.2, 0.25) is 5.95 Å². The van der Waals surface area contributed by atoms with Gasteiger partial charge in [-0.15, -0.1) is 0 Å². The molecule has 2 saturated carbocycles. The smallest absolute Gasteiger partial charge is 0.345 e. The van der Waals surface area contributed by atoms with Crippen LogP contribution in [0.5, 0.6) is 0 Å². The monoisotopic (exact) mass is 381 g/mol. The lowest BCUT2D eigenvalue weighted by atomic mass is 9.93. The van der Waals surface area contributed by atoms with E-state index >= 15 is 0 Å². The molecule has 1 heterocycles. The molecule has 0 amide bonds. The average molecular weight is 381 g/mol. The third kappa shape index (κ3) is 5.71. The average Bonchev–Trinajstić information content (AvgIpc) is 2.63. The van der Waals surface area contributed by atoms with Gasteiger partial charge in [0.15, 0.2) is 0 Å². The number of ether oxygens (including phenoxy) is 1. The third-order valence-corrected chi connectivity index (χ3v) is 5.20. The van der Waals surface area contributed by atoms with Crippen molar-refractivity contribution in [3.05, 3.63) is 11.8 Å². The van der Waals surface area contributed by atoms with E-state index in [4.69, 9.17) is 0 Å². The fourth-order valence-electron chi connectivity index (χ4n) is 3.80. The topological polar surface area (TPSA) is 103 Å². The second-order valence-electron chi connectivity index (χ2n) is 7.24. The zero-order valence-corrected chi connectivity index (χ0v) is 15.1. The van der Waals surface area contributed by atoms with E-state index in [-0.39, 0.29) is 18.2 Å². The maximum absolute atomic E-state index is 12.3. The van der Waals surface area contributed by atoms with Crippen molar-refractivity contribution in [3.63, 3.8) is 0 Å². The van der Waals surface area contributed by atoms with Crippen LogP contribution in [0, 0.1) is 11.3 Å². The number of nitrogens with one attached hydrogen (secondary N) is 2. The number of aromatic nitrogens is 2. The Morgan fingerprint density at radius 1 is 1.15 bits per heavy atom. The van der Waals surface area contributed by atoms with Crippen LogP contribution in [-0.4, -0.2) is 46.0 Å². The quantitative estimate of drug-likeness (QED) is 0.696. The molecule has 148 valence electrons. The lowest BCUT2D eigenvalue weighted by Crippen LogP contribution is -2.32. The highest BCUT2D eigenvalue weighted by molar-refractivity contribution is 5.54. The van der Waals surface area contributed by atoms with E-state index in [1.54, 1.807) is 0 Å². The van der Waals surface area contributed by atoms with Crippen molar-refractivity contribution in [3.8, 4) is 6.07 Å². The summed E-state index contributed by atoms with van der Waals surface area (Å²) in [6, 6.07) is 2.24. The fourth-order valence-corrected chi connectivity index (χ4v) is 3.80. The number of hydrogen-bond acceptors (Lipinski definition) is 7. The van der Waals surface area contributed by atoms with Crippen molar-refractivity contribution < 1.29 is 18.6 Å². The highest BCUT2D eigenvalue weighted by Crippen LogP contribution is 2.26. The molecule has 9 heteroatoms. The standard InChI is InChI=1S/C18H25F2N5O2/c19-17(20)27-15-6-4-12(5-7-15)24-18-22-10-11(9-21)16(25-18)23-13-2-1-3-14(26)8-13/h10,12-15,17,26H,1-8H2,(H2,22,23,24,25)/t12-,13-,14?,15-/m1/s1. The molecule has 0 aliphatic heterocycles. The highest BCUT2D eigenvalue weighted by atomic mass is 19.3. The largest absolute Gasteiger partial charge is 0.393 e. The molecule has 1 aromatic rings. The van der Waals surface area contributed by atoms with E-state index in [0.717, 1.165) is 19.3 Å². The first kappa shape index (κ1) is 19.7. The Hall–Kier alpha value is -2.05. The Kier molecular flexibility index (Phi) is 6.74. The molecule has 2 aliphatic rings. The molecule has 3 N–H and O–H groups in total. The predicted molar refractivity (Wildman–Crippen MR) is 95.4 cm³/mol. The van der Waals surface area contributed by atoms with E-state index in [0.29, 0.717) is 49.4 Å². The van der Waals surface area contributed by atoms with Crippen LogP contribution < -0.4 is 10.6 Å². The number of nitriles is 1. The molecule has 1 aromatic heterocycles. The minimum Gasteiger partial charge on any atom is -0.393 e. The maximum atomic E-state index is 12.3. The molecule has 2 atom stereocenters. The number of anilines is 2. The molecular formula is C18H25F2N5O2. The van der Waals surface area contributed by atoms with E-state index in [9.17, 15) is 19.1 Å². The highest BCUT2D eigenvalue weighted by Gasteiger charge is 2.25. The maximum Gasteiger partial charge on any atom is 0.345 e. The van der Waals surface area contributed by atoms with E-state index in [2.05, 4.69) is 31.4 Å². The van der Waals surface area contributed by atoms with Gasteiger partial charge in [0.1, 0.15) is 17.5 Å². The number of alkyl halides is 2. The molecular weight excluding hydrogens is 356 g/mol. The molecule has 7 nitrogen and oxygen atoms in total. The SMILES string of the molecule is N#Cc1cnc(N[C@H]2CC[C@H](OC(F)F)CC2)nc1N[C@@H]1CCCC(O)C1. The minimum absolute atomic E-state index is 0.0746. The van der Waals surface area contributed by atoms with Gasteiger partial charge in [0.05, 0.1) is 18.4 Å². The summed E-state index contributed by atoms with van der Waals surface area (Å²) >= 11 is 0. The molecule has 0 aromatic carbocycles. The second kappa shape index (κ2) is 9.24. The molecule has 2 aliphatic carbocycles. The number of hydrogen-bond donors (Lipinski definition) is 3. The Morgan fingerprint density at radius 2 is 1.93 bits per heavy atom. The van der Waals surface area contributed by atoms with Gasteiger partial charge < -0.3 is 20.5 Å². The number of rotatable bonds is 6. The van der Waals surface area contributed by atoms with Crippen LogP contribution in [-0.2, 0) is 4.74 Å². The predicted octanol–water partition coefficient (Wildman–Crippen LogP) is 3.03. The summed E-state index contributed by atoms with van der Waals surface area (Å²) in [6.45, 7) is -2.73. The summed E-state index contributed by atoms with van der Waals surface area (Å²) in [5.41, 5.74) is 0.356. The lowest BCUT2D eigenvalue weighted by molar-refractivity contribution is -0.169. The molecule has 3 rings (SSSR count). The van der Waals surface area contributed by atoms with E-state index in [1.807, 2.05) is 0 Å². The van der Waals surface area contributed by atoms with Gasteiger partial charge >= 0.3 is 6.61 Å². The van der Waals surface area contributed by atoms with Crippen molar-refractivity contribution >= 4 is 11.8 Å². The molecule has 0 saturated heterocycles. The van der Waals surface area contributed by atoms with Crippen molar-refractivity contribution in [2.75, 3.05) is 10.6 Å². The summed E-state index contributed by atoms with van der Waals surface area (Å²) in [5, 5.41) is 25.6. The van der Waals surface area contributed by atoms with Crippen molar-refractivity contribution in [1.29, 1.82) is 5.26 Å². The van der Waals surface area contributed by atoms with Gasteiger partial charge in [-0.3, -0.25) is 0 Å². The Labute approximate surface area is 157 Å². The van der Waals surface area contributed by atoms with Crippen LogP contribution in [0.25, 0.3) is 0 Å². The van der Waals surface area contributed by atoms with Crippen LogP contribution in [0.2, 0.25) is 0 Å². The van der Waals surface area contributed by atoms with Crippen LogP contribution in [0.4, 0.5) is 20.5 Å². The first-order valence-corrected chi connectivity index (χ1v) is 9.45. The van der Waals surface area contributed by atoms with Gasteiger partial charge in [-0.2, -0.15) is 19.0 Å². The molecule has 0 spiro atoms. The summed E-state index contributed by atoms with van der Waals surface area (Å²) in [7, 11) is 0. The summed E-state index contributed by atoms with van der Waals surface area (Å²) in [4.78, 5) is 8.63. The van der Waals surface area contributed by atoms with Crippen molar-refractivity contribution in [1.82, 2.24) is 9.97 Å². The minimum atomic E-state index is -2.73. The normalized spacial score (nSPS) is 28.6. The third-order valence-electron chi connectivity index (χ3n) is 5.20. The first-order chi connectivity index (χ1) is 13.0. The lowest BCUT2D eigenvalue weighted by Gasteiger charge is -2.29. The molecule has 27 heavy (non-hydrogen) atoms. The summed E-state index contributed by atoms with van der Waals surface area (Å²) < 4.78 is 29.2. The molecule has 1 unspecified atom stereocenters. The van der Waals surface area contributed by atoms with E-state index < -0.39 is 12.7 Å². The van der Waals surface area contributed by atoms with Gasteiger partial charge in [-0.1, -0.05) is 0 Å². The number of halogens is 2. The van der Waals surface area contributed by atoms with Crippen molar-refractivity contribution in [2.45, 2.75) is 82.3 Å². The van der Waals surface area contributed by atoms with Crippen molar-refractivity contribution in [2.24, 2.45) is 0 Å². The van der Waals surface area contributed by atoms with Gasteiger partial charge in [0.25, 0.3) is 0 Å². The van der Waals surface area contributed by atoms with Crippen LogP contribution in [0.1, 0.15) is 56.9 Å². The van der Waals surface area contributed by atoms with Crippen LogP contribution >= 0.6 is 0 Å². The zero-order valence-electron chi connectivity index (χ0n) is 15.1. The van der Waals surface area contributed by atoms with Gasteiger partial charge in [-0.05, 0) is 51.4 Å². The summed E-state index contributed by atoms with van der Waals surface area (Å²) in [5.74, 6) is 0.870. The summed E-state index contributed by atoms with van der Waals surface area (Å²) in [6.07, 6.45) is 6.53. The zero-order chi connectivity index (χ0) is 19.2. The second-order valence-corrected chi connectivity index (χ2v) is 7.24. The van der Waals surface area contributed by atoms with Gasteiger partial charge in [0, 0.05) is 12.1 Å². The molecule has 2 fully saturated rings. The van der Waals surface area contributed by atoms with Crippen LogP contribution in [0.3, 0.4) is 0 Å². The Balaban J connectivity index is 1.59. The Bertz CT molecular complexity index is 662.